The Bertz CT molecular complexity index is 1030. The van der Waals surface area contributed by atoms with Gasteiger partial charge in [0.25, 0.3) is 0 Å². The van der Waals surface area contributed by atoms with Crippen LogP contribution in [0.1, 0.15) is 29.7 Å². The summed E-state index contributed by atoms with van der Waals surface area (Å²) in [5.41, 5.74) is 4.74. The van der Waals surface area contributed by atoms with E-state index in [2.05, 4.69) is 78.7 Å². The zero-order valence-electron chi connectivity index (χ0n) is 17.8. The number of allylic oxidation sites excluding steroid dienone is 1. The normalized spacial score (nSPS) is 17.6. The monoisotopic (exact) mass is 497 g/mol. The quantitative estimate of drug-likeness (QED) is 0.419. The van der Waals surface area contributed by atoms with Crippen molar-refractivity contribution in [2.75, 3.05) is 13.1 Å². The van der Waals surface area contributed by atoms with E-state index >= 15 is 0 Å². The van der Waals surface area contributed by atoms with Crippen molar-refractivity contribution < 1.29 is 0 Å². The summed E-state index contributed by atoms with van der Waals surface area (Å²) in [7, 11) is 0. The highest BCUT2D eigenvalue weighted by Gasteiger charge is 2.22. The van der Waals surface area contributed by atoms with Crippen LogP contribution in [-0.4, -0.2) is 32.8 Å². The van der Waals surface area contributed by atoms with Crippen molar-refractivity contribution in [3.05, 3.63) is 87.1 Å². The number of aromatic nitrogens is 3. The van der Waals surface area contributed by atoms with Gasteiger partial charge in [-0.1, -0.05) is 12.6 Å². The molecule has 4 rings (SSSR count). The fourth-order valence-corrected chi connectivity index (χ4v) is 4.87. The van der Waals surface area contributed by atoms with E-state index in [9.17, 15) is 0 Å². The van der Waals surface area contributed by atoms with Crippen LogP contribution in [-0.2, 0) is 13.1 Å². The van der Waals surface area contributed by atoms with Crippen LogP contribution in [0.3, 0.4) is 0 Å². The second-order valence-corrected chi connectivity index (χ2v) is 9.65. The lowest BCUT2D eigenvalue weighted by Gasteiger charge is -2.33. The molecule has 3 aromatic heterocycles. The number of thiophene rings is 1. The molecule has 0 aromatic carbocycles. The molecule has 162 valence electrons. The molecule has 1 atom stereocenters. The maximum atomic E-state index is 4.56. The van der Waals surface area contributed by atoms with Crippen LogP contribution >= 0.6 is 27.3 Å². The molecular formula is C24H28BrN5S. The van der Waals surface area contributed by atoms with Crippen LogP contribution in [0, 0.1) is 12.8 Å². The van der Waals surface area contributed by atoms with Gasteiger partial charge >= 0.3 is 0 Å². The molecule has 0 saturated carbocycles. The van der Waals surface area contributed by atoms with Crippen molar-refractivity contribution in [2.45, 2.75) is 32.9 Å². The average molecular weight is 498 g/mol. The molecular weight excluding hydrogens is 470 g/mol. The predicted molar refractivity (Wildman–Crippen MR) is 131 cm³/mol. The number of hydrogen-bond donors (Lipinski definition) is 1. The third kappa shape index (κ3) is 5.73. The zero-order chi connectivity index (χ0) is 21.6. The lowest BCUT2D eigenvalue weighted by Crippen LogP contribution is -2.35. The van der Waals surface area contributed by atoms with Crippen molar-refractivity contribution in [1.82, 2.24) is 25.0 Å². The van der Waals surface area contributed by atoms with Crippen molar-refractivity contribution in [3.63, 3.8) is 0 Å². The van der Waals surface area contributed by atoms with Crippen molar-refractivity contribution in [2.24, 2.45) is 5.92 Å². The summed E-state index contributed by atoms with van der Waals surface area (Å²) in [5, 5.41) is 12.5. The number of hydrogen-bond acceptors (Lipinski definition) is 5. The summed E-state index contributed by atoms with van der Waals surface area (Å²) < 4.78 is 2.93. The molecule has 0 bridgehead atoms. The first-order chi connectivity index (χ1) is 15.1. The van der Waals surface area contributed by atoms with E-state index in [0.29, 0.717) is 12.5 Å². The van der Waals surface area contributed by atoms with Crippen LogP contribution in [0.4, 0.5) is 0 Å². The maximum Gasteiger partial charge on any atom is 0.128 e. The van der Waals surface area contributed by atoms with E-state index < -0.39 is 0 Å². The third-order valence-corrected chi connectivity index (χ3v) is 7.22. The van der Waals surface area contributed by atoms with E-state index in [-0.39, 0.29) is 0 Å². The number of likely N-dealkylation sites (tertiary alicyclic amines) is 1. The fraction of sp³-hybridized carbons (Fsp3) is 0.333. The molecule has 1 N–H and O–H groups in total. The van der Waals surface area contributed by atoms with Gasteiger partial charge < -0.3 is 5.32 Å². The smallest absolute Gasteiger partial charge is 0.128 e. The van der Waals surface area contributed by atoms with E-state index in [1.165, 1.54) is 18.4 Å². The standard InChI is InChI=1S/C24H28BrN5S/c1-18(22-6-4-9-29(16-22)15-21-7-10-31-17-21)11-24(30-19(2)23(25)14-28-30)27-13-20-5-3-8-26-12-20/h3,5,7-8,10-12,14,17,22,27H,1,4,6,9,13,15-16H2,2H3/b24-11-. The Labute approximate surface area is 196 Å². The van der Waals surface area contributed by atoms with Gasteiger partial charge in [-0.05, 0) is 93.8 Å². The highest BCUT2D eigenvalue weighted by molar-refractivity contribution is 9.10. The lowest BCUT2D eigenvalue weighted by molar-refractivity contribution is 0.186. The minimum Gasteiger partial charge on any atom is -0.366 e. The average Bonchev–Trinajstić information content (AvgIpc) is 3.42. The van der Waals surface area contributed by atoms with E-state index in [1.807, 2.05) is 23.1 Å². The first-order valence-corrected chi connectivity index (χ1v) is 12.3. The lowest BCUT2D eigenvalue weighted by atomic mass is 9.90. The number of nitrogens with zero attached hydrogens (tertiary/aromatic N) is 4. The topological polar surface area (TPSA) is 46.0 Å². The van der Waals surface area contributed by atoms with Crippen molar-refractivity contribution in [1.29, 1.82) is 0 Å². The number of piperidine rings is 1. The number of nitrogens with one attached hydrogen (secondary N) is 1. The minimum atomic E-state index is 0.446. The van der Waals surface area contributed by atoms with Gasteiger partial charge in [0, 0.05) is 32.0 Å². The van der Waals surface area contributed by atoms with E-state index in [0.717, 1.165) is 46.8 Å². The van der Waals surface area contributed by atoms with Gasteiger partial charge in [-0.25, -0.2) is 4.68 Å². The Morgan fingerprint density at radius 3 is 2.97 bits per heavy atom. The van der Waals surface area contributed by atoms with Crippen LogP contribution in [0.2, 0.25) is 0 Å². The van der Waals surface area contributed by atoms with Gasteiger partial charge in [0.1, 0.15) is 5.82 Å². The molecule has 1 aliphatic rings. The van der Waals surface area contributed by atoms with Gasteiger partial charge in [-0.15, -0.1) is 0 Å². The largest absolute Gasteiger partial charge is 0.366 e. The molecule has 1 fully saturated rings. The second kappa shape index (κ2) is 10.4. The zero-order valence-corrected chi connectivity index (χ0v) is 20.2. The first-order valence-electron chi connectivity index (χ1n) is 10.6. The fourth-order valence-electron chi connectivity index (χ4n) is 3.95. The molecule has 1 aliphatic heterocycles. The van der Waals surface area contributed by atoms with Crippen molar-refractivity contribution in [3.8, 4) is 0 Å². The molecule has 0 spiro atoms. The molecule has 0 radical (unpaired) electrons. The summed E-state index contributed by atoms with van der Waals surface area (Å²) in [6.07, 6.45) is 10.1. The van der Waals surface area contributed by atoms with Crippen LogP contribution < -0.4 is 5.32 Å². The van der Waals surface area contributed by atoms with Gasteiger partial charge in [0.2, 0.25) is 0 Å². The Balaban J connectivity index is 1.50. The Hall–Kier alpha value is -2.22. The predicted octanol–water partition coefficient (Wildman–Crippen LogP) is 5.47. The Kier molecular flexibility index (Phi) is 7.37. The molecule has 1 saturated heterocycles. The number of halogens is 1. The Morgan fingerprint density at radius 2 is 2.26 bits per heavy atom. The summed E-state index contributed by atoms with van der Waals surface area (Å²) in [6, 6.07) is 6.25. The van der Waals surface area contributed by atoms with Gasteiger partial charge in [0.15, 0.2) is 0 Å². The van der Waals surface area contributed by atoms with E-state index in [1.54, 1.807) is 17.5 Å². The molecule has 7 heteroatoms. The van der Waals surface area contributed by atoms with Crippen molar-refractivity contribution >= 4 is 33.1 Å². The molecule has 0 amide bonds. The Morgan fingerprint density at radius 1 is 1.35 bits per heavy atom. The molecule has 3 aromatic rings. The van der Waals surface area contributed by atoms with Gasteiger partial charge in [-0.2, -0.15) is 16.4 Å². The van der Waals surface area contributed by atoms with Gasteiger partial charge in [0.05, 0.1) is 16.4 Å². The number of rotatable bonds is 8. The number of pyridine rings is 1. The molecule has 1 unspecified atom stereocenters. The molecule has 5 nitrogen and oxygen atoms in total. The van der Waals surface area contributed by atoms with Crippen LogP contribution in [0.15, 0.2) is 70.3 Å². The van der Waals surface area contributed by atoms with Crippen LogP contribution in [0.5, 0.6) is 0 Å². The highest BCUT2D eigenvalue weighted by Crippen LogP contribution is 2.27. The van der Waals surface area contributed by atoms with Gasteiger partial charge in [-0.3, -0.25) is 9.88 Å². The molecule has 0 aliphatic carbocycles. The summed E-state index contributed by atoms with van der Waals surface area (Å²) in [6.45, 7) is 10.4. The third-order valence-electron chi connectivity index (χ3n) is 5.71. The van der Waals surface area contributed by atoms with E-state index in [4.69, 9.17) is 0 Å². The summed E-state index contributed by atoms with van der Waals surface area (Å²) in [4.78, 5) is 6.77. The first kappa shape index (κ1) is 22.0. The molecule has 31 heavy (non-hydrogen) atoms. The SMILES string of the molecule is C=C(/C=C(/NCc1cccnc1)n1ncc(Br)c1C)C1CCCN(Cc2ccsc2)C1. The minimum absolute atomic E-state index is 0.446. The maximum absolute atomic E-state index is 4.56. The highest BCUT2D eigenvalue weighted by atomic mass is 79.9. The summed E-state index contributed by atoms with van der Waals surface area (Å²) >= 11 is 5.35. The second-order valence-electron chi connectivity index (χ2n) is 8.01. The summed E-state index contributed by atoms with van der Waals surface area (Å²) in [5.74, 6) is 1.38. The van der Waals surface area contributed by atoms with Crippen LogP contribution in [0.25, 0.3) is 5.82 Å². The molecule has 4 heterocycles.